The predicted molar refractivity (Wildman–Crippen MR) is 68.8 cm³/mol. The number of benzene rings is 1. The van der Waals surface area contributed by atoms with Crippen LogP contribution in [0.3, 0.4) is 0 Å². The number of likely N-dealkylation sites (tertiary alicyclic amines) is 1. The molecule has 0 unspecified atom stereocenters. The van der Waals surface area contributed by atoms with Crippen LogP contribution < -0.4 is 0 Å². The number of piperidine rings is 1. The highest BCUT2D eigenvalue weighted by molar-refractivity contribution is 9.10. The first-order chi connectivity index (χ1) is 8.88. The number of carbonyl (C=O) groups excluding carboxylic acids is 1. The van der Waals surface area contributed by atoms with Crippen molar-refractivity contribution in [3.8, 4) is 0 Å². The third-order valence-corrected chi connectivity index (χ3v) is 3.94. The van der Waals surface area contributed by atoms with Gasteiger partial charge in [-0.25, -0.2) is 0 Å². The number of rotatable bonds is 2. The highest BCUT2D eigenvalue weighted by atomic mass is 79.9. The van der Waals surface area contributed by atoms with Gasteiger partial charge in [0.25, 0.3) is 0 Å². The monoisotopic (exact) mass is 335 g/mol. The van der Waals surface area contributed by atoms with Crippen LogP contribution in [0.15, 0.2) is 24.3 Å². The van der Waals surface area contributed by atoms with E-state index in [1.165, 1.54) is 6.07 Å². The molecule has 2 rings (SSSR count). The highest BCUT2D eigenvalue weighted by Gasteiger charge is 2.31. The standard InChI is InChI=1S/C13H13BrF3NO/c14-11-5-2-6-18(12(11)19)8-9-3-1-4-10(7-9)13(15,16)17/h1,3-4,7,11H,2,5-6,8H2/t11-/m1/s1. The van der Waals surface area contributed by atoms with Crippen LogP contribution >= 0.6 is 15.9 Å². The number of carbonyl (C=O) groups is 1. The molecule has 0 N–H and O–H groups in total. The molecule has 0 aliphatic carbocycles. The minimum atomic E-state index is -4.35. The first-order valence-corrected chi connectivity index (χ1v) is 6.88. The predicted octanol–water partition coefficient (Wildman–Crippen LogP) is 3.59. The van der Waals surface area contributed by atoms with Crippen LogP contribution in [-0.2, 0) is 17.5 Å². The average Bonchev–Trinajstić information content (AvgIpc) is 2.34. The molecular weight excluding hydrogens is 323 g/mol. The third kappa shape index (κ3) is 3.49. The van der Waals surface area contributed by atoms with Crippen LogP contribution in [0.4, 0.5) is 13.2 Å². The van der Waals surface area contributed by atoms with E-state index in [1.807, 2.05) is 0 Å². The molecule has 1 heterocycles. The van der Waals surface area contributed by atoms with E-state index in [9.17, 15) is 18.0 Å². The lowest BCUT2D eigenvalue weighted by Gasteiger charge is -2.30. The van der Waals surface area contributed by atoms with Gasteiger partial charge in [0, 0.05) is 13.1 Å². The second-order valence-corrected chi connectivity index (χ2v) is 5.67. The zero-order valence-corrected chi connectivity index (χ0v) is 11.7. The maximum absolute atomic E-state index is 12.6. The molecule has 19 heavy (non-hydrogen) atoms. The summed E-state index contributed by atoms with van der Waals surface area (Å²) in [4.78, 5) is 13.2. The number of amides is 1. The average molecular weight is 336 g/mol. The molecule has 0 aromatic heterocycles. The van der Waals surface area contributed by atoms with Crippen molar-refractivity contribution in [2.24, 2.45) is 0 Å². The van der Waals surface area contributed by atoms with Gasteiger partial charge in [0.1, 0.15) is 0 Å². The van der Waals surface area contributed by atoms with E-state index in [2.05, 4.69) is 15.9 Å². The first kappa shape index (κ1) is 14.4. The summed E-state index contributed by atoms with van der Waals surface area (Å²) >= 11 is 3.28. The number of nitrogens with zero attached hydrogens (tertiary/aromatic N) is 1. The fourth-order valence-corrected chi connectivity index (χ4v) is 2.73. The van der Waals surface area contributed by atoms with Crippen molar-refractivity contribution < 1.29 is 18.0 Å². The van der Waals surface area contributed by atoms with Crippen molar-refractivity contribution >= 4 is 21.8 Å². The molecule has 6 heteroatoms. The van der Waals surface area contributed by atoms with Crippen molar-refractivity contribution in [3.05, 3.63) is 35.4 Å². The van der Waals surface area contributed by atoms with Crippen molar-refractivity contribution in [3.63, 3.8) is 0 Å². The summed E-state index contributed by atoms with van der Waals surface area (Å²) in [5, 5.41) is 0. The van der Waals surface area contributed by atoms with Gasteiger partial charge in [0.2, 0.25) is 5.91 Å². The molecule has 2 nitrogen and oxygen atoms in total. The molecule has 1 fully saturated rings. The van der Waals surface area contributed by atoms with Crippen molar-refractivity contribution in [2.75, 3.05) is 6.54 Å². The Labute approximate surface area is 117 Å². The van der Waals surface area contributed by atoms with Crippen LogP contribution in [0, 0.1) is 0 Å². The van der Waals surface area contributed by atoms with Gasteiger partial charge < -0.3 is 4.90 Å². The number of hydrogen-bond acceptors (Lipinski definition) is 1. The fourth-order valence-electron chi connectivity index (χ4n) is 2.12. The third-order valence-electron chi connectivity index (χ3n) is 3.09. The highest BCUT2D eigenvalue weighted by Crippen LogP contribution is 2.30. The van der Waals surface area contributed by atoms with Gasteiger partial charge in [-0.15, -0.1) is 0 Å². The van der Waals surface area contributed by atoms with E-state index in [0.29, 0.717) is 12.1 Å². The van der Waals surface area contributed by atoms with Gasteiger partial charge in [0.05, 0.1) is 10.4 Å². The van der Waals surface area contributed by atoms with Crippen LogP contribution in [0.1, 0.15) is 24.0 Å². The molecule has 1 aliphatic heterocycles. The Bertz CT molecular complexity index is 475. The first-order valence-electron chi connectivity index (χ1n) is 5.97. The molecular formula is C13H13BrF3NO. The summed E-state index contributed by atoms with van der Waals surface area (Å²) in [6.45, 7) is 0.821. The Hall–Kier alpha value is -1.04. The summed E-state index contributed by atoms with van der Waals surface area (Å²) in [6.07, 6.45) is -2.71. The maximum atomic E-state index is 12.6. The molecule has 0 radical (unpaired) electrons. The van der Waals surface area contributed by atoms with E-state index in [0.717, 1.165) is 25.0 Å². The van der Waals surface area contributed by atoms with Gasteiger partial charge in [0.15, 0.2) is 0 Å². The zero-order valence-electron chi connectivity index (χ0n) is 10.1. The number of halogens is 4. The topological polar surface area (TPSA) is 20.3 Å². The quantitative estimate of drug-likeness (QED) is 0.756. The van der Waals surface area contributed by atoms with Crippen molar-refractivity contribution in [1.82, 2.24) is 4.90 Å². The molecule has 0 bridgehead atoms. The lowest BCUT2D eigenvalue weighted by atomic mass is 10.1. The van der Waals surface area contributed by atoms with Gasteiger partial charge >= 0.3 is 6.18 Å². The lowest BCUT2D eigenvalue weighted by molar-refractivity contribution is -0.137. The molecule has 1 saturated heterocycles. The smallest absolute Gasteiger partial charge is 0.337 e. The molecule has 1 aliphatic rings. The van der Waals surface area contributed by atoms with Crippen molar-refractivity contribution in [1.29, 1.82) is 0 Å². The van der Waals surface area contributed by atoms with Gasteiger partial charge in [-0.3, -0.25) is 4.79 Å². The number of hydrogen-bond donors (Lipinski definition) is 0. The molecule has 1 atom stereocenters. The SMILES string of the molecule is O=C1[C@H](Br)CCCN1Cc1cccc(C(F)(F)F)c1. The minimum absolute atomic E-state index is 0.0522. The molecule has 1 amide bonds. The van der Waals surface area contributed by atoms with Crippen LogP contribution in [-0.4, -0.2) is 22.2 Å². The van der Waals surface area contributed by atoms with Gasteiger partial charge in [-0.05, 0) is 30.5 Å². The summed E-state index contributed by atoms with van der Waals surface area (Å²) in [5.74, 6) is -0.0522. The molecule has 1 aromatic rings. The van der Waals surface area contributed by atoms with Crippen LogP contribution in [0.2, 0.25) is 0 Å². The number of alkyl halides is 4. The Kier molecular flexibility index (Phi) is 4.18. The summed E-state index contributed by atoms with van der Waals surface area (Å²) < 4.78 is 37.8. The molecule has 104 valence electrons. The van der Waals surface area contributed by atoms with E-state index in [1.54, 1.807) is 11.0 Å². The second-order valence-electron chi connectivity index (χ2n) is 4.57. The van der Waals surface area contributed by atoms with Crippen molar-refractivity contribution in [2.45, 2.75) is 30.4 Å². The lowest BCUT2D eigenvalue weighted by Crippen LogP contribution is -2.41. The summed E-state index contributed by atoms with van der Waals surface area (Å²) in [7, 11) is 0. The second kappa shape index (κ2) is 5.53. The van der Waals surface area contributed by atoms with Crippen LogP contribution in [0.25, 0.3) is 0 Å². The normalized spacial score (nSPS) is 20.7. The van der Waals surface area contributed by atoms with Crippen LogP contribution in [0.5, 0.6) is 0 Å². The van der Waals surface area contributed by atoms with E-state index < -0.39 is 11.7 Å². The molecule has 1 aromatic carbocycles. The van der Waals surface area contributed by atoms with E-state index in [4.69, 9.17) is 0 Å². The molecule has 0 spiro atoms. The Morgan fingerprint density at radius 2 is 2.11 bits per heavy atom. The van der Waals surface area contributed by atoms with Gasteiger partial charge in [-0.2, -0.15) is 13.2 Å². The summed E-state index contributed by atoms with van der Waals surface area (Å²) in [6, 6.07) is 5.12. The summed E-state index contributed by atoms with van der Waals surface area (Å²) in [5.41, 5.74) is -0.172. The minimum Gasteiger partial charge on any atom is -0.337 e. The Morgan fingerprint density at radius 1 is 1.37 bits per heavy atom. The maximum Gasteiger partial charge on any atom is 0.416 e. The fraction of sp³-hybridized carbons (Fsp3) is 0.462. The Balaban J connectivity index is 2.13. The largest absolute Gasteiger partial charge is 0.416 e. The van der Waals surface area contributed by atoms with E-state index >= 15 is 0 Å². The zero-order chi connectivity index (χ0) is 14.0. The van der Waals surface area contributed by atoms with E-state index in [-0.39, 0.29) is 17.3 Å². The Morgan fingerprint density at radius 3 is 2.79 bits per heavy atom. The van der Waals surface area contributed by atoms with Gasteiger partial charge in [-0.1, -0.05) is 28.1 Å². The molecule has 0 saturated carbocycles.